The molecule has 0 aliphatic carbocycles. The summed E-state index contributed by atoms with van der Waals surface area (Å²) in [6.45, 7) is 5.27. The predicted molar refractivity (Wildman–Crippen MR) is 79.1 cm³/mol. The van der Waals surface area contributed by atoms with Gasteiger partial charge in [0.2, 0.25) is 0 Å². The maximum absolute atomic E-state index is 14.1. The summed E-state index contributed by atoms with van der Waals surface area (Å²) in [7, 11) is 1.43. The minimum atomic E-state index is -0.641. The Balaban J connectivity index is 2.44. The van der Waals surface area contributed by atoms with Crippen LogP contribution in [0.2, 0.25) is 0 Å². The number of halogens is 1. The van der Waals surface area contributed by atoms with Crippen LogP contribution in [-0.2, 0) is 4.74 Å². The smallest absolute Gasteiger partial charge is 0.357 e. The number of benzene rings is 1. The van der Waals surface area contributed by atoms with E-state index in [-0.39, 0.29) is 17.1 Å². The van der Waals surface area contributed by atoms with E-state index >= 15 is 0 Å². The Morgan fingerprint density at radius 3 is 2.59 bits per heavy atom. The van der Waals surface area contributed by atoms with Crippen LogP contribution in [0.25, 0.3) is 11.4 Å². The standard InChI is InChI=1S/C16H17FN2O3/c1-16(2,3)22-15(20)11-8-9-18-14(19-11)13-10(17)6-5-7-12(13)21-4/h5-9H,1-4H3. The molecule has 0 N–H and O–H groups in total. The van der Waals surface area contributed by atoms with E-state index < -0.39 is 17.4 Å². The van der Waals surface area contributed by atoms with Crippen LogP contribution in [0.5, 0.6) is 5.75 Å². The van der Waals surface area contributed by atoms with Crippen LogP contribution in [0.1, 0.15) is 31.3 Å². The number of aromatic nitrogens is 2. The van der Waals surface area contributed by atoms with Crippen molar-refractivity contribution in [3.8, 4) is 17.1 Å². The van der Waals surface area contributed by atoms with Gasteiger partial charge in [-0.1, -0.05) is 6.07 Å². The van der Waals surface area contributed by atoms with Crippen LogP contribution < -0.4 is 4.74 Å². The van der Waals surface area contributed by atoms with E-state index in [0.717, 1.165) is 0 Å². The molecule has 22 heavy (non-hydrogen) atoms. The monoisotopic (exact) mass is 304 g/mol. The summed E-state index contributed by atoms with van der Waals surface area (Å²) in [4.78, 5) is 20.2. The number of methoxy groups -OCH3 is 1. The lowest BCUT2D eigenvalue weighted by molar-refractivity contribution is 0.00627. The molecule has 0 saturated heterocycles. The second-order valence-corrected chi connectivity index (χ2v) is 5.58. The lowest BCUT2D eigenvalue weighted by Crippen LogP contribution is -2.24. The van der Waals surface area contributed by atoms with E-state index in [2.05, 4.69) is 9.97 Å². The molecule has 0 aliphatic heterocycles. The first-order chi connectivity index (χ1) is 10.3. The average molecular weight is 304 g/mol. The van der Waals surface area contributed by atoms with Gasteiger partial charge in [0.05, 0.1) is 12.7 Å². The molecule has 0 radical (unpaired) electrons. The average Bonchev–Trinajstić information content (AvgIpc) is 2.45. The van der Waals surface area contributed by atoms with Crippen molar-refractivity contribution in [3.05, 3.63) is 42.0 Å². The summed E-state index contributed by atoms with van der Waals surface area (Å²) in [5.74, 6) is -0.758. The molecule has 0 unspecified atom stereocenters. The normalized spacial score (nSPS) is 11.1. The van der Waals surface area contributed by atoms with Gasteiger partial charge in [0.25, 0.3) is 0 Å². The summed E-state index contributed by atoms with van der Waals surface area (Å²) < 4.78 is 24.4. The summed E-state index contributed by atoms with van der Waals surface area (Å²) in [5.41, 5.74) is -0.474. The van der Waals surface area contributed by atoms with E-state index in [4.69, 9.17) is 9.47 Å². The molecule has 0 spiro atoms. The SMILES string of the molecule is COc1cccc(F)c1-c1nccc(C(=O)OC(C)(C)C)n1. The number of rotatable bonds is 3. The van der Waals surface area contributed by atoms with Crippen molar-refractivity contribution in [1.29, 1.82) is 0 Å². The van der Waals surface area contributed by atoms with Crippen molar-refractivity contribution in [1.82, 2.24) is 9.97 Å². The fourth-order valence-corrected chi connectivity index (χ4v) is 1.81. The van der Waals surface area contributed by atoms with Gasteiger partial charge in [-0.05, 0) is 39.0 Å². The minimum Gasteiger partial charge on any atom is -0.496 e. The molecule has 5 nitrogen and oxygen atoms in total. The van der Waals surface area contributed by atoms with Gasteiger partial charge in [-0.25, -0.2) is 19.2 Å². The van der Waals surface area contributed by atoms with Gasteiger partial charge in [-0.15, -0.1) is 0 Å². The molecule has 1 aromatic heterocycles. The topological polar surface area (TPSA) is 61.3 Å². The number of nitrogens with zero attached hydrogens (tertiary/aromatic N) is 2. The molecule has 1 aromatic carbocycles. The van der Waals surface area contributed by atoms with Gasteiger partial charge in [0.15, 0.2) is 11.5 Å². The Hall–Kier alpha value is -2.50. The molecular formula is C16H17FN2O3. The highest BCUT2D eigenvalue weighted by atomic mass is 19.1. The van der Waals surface area contributed by atoms with Crippen LogP contribution in [0.3, 0.4) is 0 Å². The zero-order valence-electron chi connectivity index (χ0n) is 12.9. The van der Waals surface area contributed by atoms with Crippen molar-refractivity contribution in [3.63, 3.8) is 0 Å². The quantitative estimate of drug-likeness (QED) is 0.815. The van der Waals surface area contributed by atoms with Crippen LogP contribution in [0, 0.1) is 5.82 Å². The molecule has 6 heteroatoms. The molecule has 2 rings (SSSR count). The Kier molecular flexibility index (Phi) is 4.40. The Morgan fingerprint density at radius 2 is 1.95 bits per heavy atom. The second-order valence-electron chi connectivity index (χ2n) is 5.58. The molecule has 0 bridgehead atoms. The molecule has 1 heterocycles. The first-order valence-corrected chi connectivity index (χ1v) is 6.71. The zero-order valence-corrected chi connectivity index (χ0v) is 12.9. The molecule has 0 amide bonds. The maximum atomic E-state index is 14.1. The fraction of sp³-hybridized carbons (Fsp3) is 0.312. The van der Waals surface area contributed by atoms with Gasteiger partial charge in [0, 0.05) is 6.20 Å². The fourth-order valence-electron chi connectivity index (χ4n) is 1.81. The van der Waals surface area contributed by atoms with Crippen molar-refractivity contribution < 1.29 is 18.7 Å². The van der Waals surface area contributed by atoms with Gasteiger partial charge < -0.3 is 9.47 Å². The van der Waals surface area contributed by atoms with Gasteiger partial charge in [0.1, 0.15) is 17.2 Å². The maximum Gasteiger partial charge on any atom is 0.357 e. The van der Waals surface area contributed by atoms with Gasteiger partial charge in [-0.2, -0.15) is 0 Å². The van der Waals surface area contributed by atoms with E-state index in [1.165, 1.54) is 31.5 Å². The van der Waals surface area contributed by atoms with Gasteiger partial charge >= 0.3 is 5.97 Å². The Labute approximate surface area is 128 Å². The number of esters is 1. The minimum absolute atomic E-state index is 0.0604. The van der Waals surface area contributed by atoms with Crippen LogP contribution in [0.4, 0.5) is 4.39 Å². The third-order valence-corrected chi connectivity index (χ3v) is 2.68. The second kappa shape index (κ2) is 6.09. The summed E-state index contributed by atoms with van der Waals surface area (Å²) in [6, 6.07) is 5.82. The highest BCUT2D eigenvalue weighted by Crippen LogP contribution is 2.30. The Bertz CT molecular complexity index is 696. The van der Waals surface area contributed by atoms with E-state index in [0.29, 0.717) is 5.75 Å². The number of carbonyl (C=O) groups is 1. The Morgan fingerprint density at radius 1 is 1.23 bits per heavy atom. The lowest BCUT2D eigenvalue weighted by atomic mass is 10.1. The predicted octanol–water partition coefficient (Wildman–Crippen LogP) is 3.25. The third-order valence-electron chi connectivity index (χ3n) is 2.68. The molecular weight excluding hydrogens is 287 g/mol. The highest BCUT2D eigenvalue weighted by molar-refractivity contribution is 5.88. The van der Waals surface area contributed by atoms with Crippen molar-refractivity contribution in [2.45, 2.75) is 26.4 Å². The van der Waals surface area contributed by atoms with Gasteiger partial charge in [-0.3, -0.25) is 0 Å². The largest absolute Gasteiger partial charge is 0.496 e. The van der Waals surface area contributed by atoms with E-state index in [1.807, 2.05) is 0 Å². The van der Waals surface area contributed by atoms with Crippen LogP contribution in [0.15, 0.2) is 30.5 Å². The summed E-state index contributed by atoms with van der Waals surface area (Å²) in [5, 5.41) is 0. The molecule has 2 aromatic rings. The number of hydrogen-bond acceptors (Lipinski definition) is 5. The molecule has 0 aliphatic rings. The van der Waals surface area contributed by atoms with Crippen LogP contribution in [-0.4, -0.2) is 28.6 Å². The number of carbonyl (C=O) groups excluding carboxylic acids is 1. The van der Waals surface area contributed by atoms with E-state index in [1.54, 1.807) is 26.8 Å². The first kappa shape index (κ1) is 15.9. The third kappa shape index (κ3) is 3.58. The van der Waals surface area contributed by atoms with Crippen molar-refractivity contribution in [2.75, 3.05) is 7.11 Å². The zero-order chi connectivity index (χ0) is 16.3. The molecule has 0 saturated carbocycles. The lowest BCUT2D eigenvalue weighted by Gasteiger charge is -2.19. The summed E-state index contributed by atoms with van der Waals surface area (Å²) in [6.07, 6.45) is 1.38. The molecule has 0 fully saturated rings. The van der Waals surface area contributed by atoms with Crippen molar-refractivity contribution >= 4 is 5.97 Å². The summed E-state index contributed by atoms with van der Waals surface area (Å²) >= 11 is 0. The number of hydrogen-bond donors (Lipinski definition) is 0. The van der Waals surface area contributed by atoms with Crippen LogP contribution >= 0.6 is 0 Å². The molecule has 116 valence electrons. The van der Waals surface area contributed by atoms with Crippen molar-refractivity contribution in [2.24, 2.45) is 0 Å². The molecule has 0 atom stereocenters. The first-order valence-electron chi connectivity index (χ1n) is 6.71. The van der Waals surface area contributed by atoms with E-state index in [9.17, 15) is 9.18 Å². The highest BCUT2D eigenvalue weighted by Gasteiger charge is 2.21. The number of ether oxygens (including phenoxy) is 2.